The van der Waals surface area contributed by atoms with Crippen LogP contribution < -0.4 is 10.1 Å². The van der Waals surface area contributed by atoms with Gasteiger partial charge in [-0.05, 0) is 29.2 Å². The first-order chi connectivity index (χ1) is 13.1. The highest BCUT2D eigenvalue weighted by atomic mass is 16.5. The van der Waals surface area contributed by atoms with E-state index in [0.717, 1.165) is 22.6 Å². The summed E-state index contributed by atoms with van der Waals surface area (Å²) in [4.78, 5) is 13.1. The minimum Gasteiger partial charge on any atom is -0.493 e. The average Bonchev–Trinajstić information content (AvgIpc) is 2.68. The Morgan fingerprint density at radius 3 is 2.00 bits per heavy atom. The second-order valence-corrected chi connectivity index (χ2v) is 6.98. The van der Waals surface area contributed by atoms with Crippen LogP contribution in [0, 0.1) is 5.92 Å². The van der Waals surface area contributed by atoms with Crippen LogP contribution in [0.1, 0.15) is 30.9 Å². The molecule has 0 bridgehead atoms. The van der Waals surface area contributed by atoms with E-state index >= 15 is 0 Å². The first-order valence-electron chi connectivity index (χ1n) is 9.27. The van der Waals surface area contributed by atoms with Crippen molar-refractivity contribution in [2.24, 2.45) is 5.92 Å². The van der Waals surface area contributed by atoms with Crippen molar-refractivity contribution in [1.29, 1.82) is 0 Å². The van der Waals surface area contributed by atoms with Crippen LogP contribution in [0.25, 0.3) is 0 Å². The molecule has 0 atom stereocenters. The molecule has 3 aromatic carbocycles. The van der Waals surface area contributed by atoms with Gasteiger partial charge in [-0.1, -0.05) is 80.6 Å². The number of nitrogens with one attached hydrogen (secondary N) is 1. The van der Waals surface area contributed by atoms with Crippen LogP contribution in [0.15, 0.2) is 84.9 Å². The summed E-state index contributed by atoms with van der Waals surface area (Å²) in [5.41, 5.74) is 2.67. The van der Waals surface area contributed by atoms with Crippen molar-refractivity contribution in [1.82, 2.24) is 0 Å². The zero-order chi connectivity index (χ0) is 19.1. The number of benzene rings is 3. The number of amides is 1. The van der Waals surface area contributed by atoms with Crippen LogP contribution in [0.5, 0.6) is 5.75 Å². The summed E-state index contributed by atoms with van der Waals surface area (Å²) in [6.07, 6.45) is 0. The van der Waals surface area contributed by atoms with Gasteiger partial charge in [0.1, 0.15) is 5.75 Å². The summed E-state index contributed by atoms with van der Waals surface area (Å²) in [6, 6.07) is 27.2. The first-order valence-corrected chi connectivity index (χ1v) is 9.27. The molecule has 0 saturated carbocycles. The van der Waals surface area contributed by atoms with E-state index in [1.165, 1.54) is 0 Å². The van der Waals surface area contributed by atoms with E-state index in [9.17, 15) is 4.79 Å². The highest BCUT2D eigenvalue weighted by Crippen LogP contribution is 2.27. The van der Waals surface area contributed by atoms with Crippen molar-refractivity contribution in [2.75, 3.05) is 11.9 Å². The van der Waals surface area contributed by atoms with Gasteiger partial charge in [-0.15, -0.1) is 0 Å². The van der Waals surface area contributed by atoms with Crippen molar-refractivity contribution in [2.45, 2.75) is 19.8 Å². The summed E-state index contributed by atoms with van der Waals surface area (Å²) in [5.74, 6) is 0.780. The lowest BCUT2D eigenvalue weighted by Gasteiger charge is -2.18. The number of anilines is 1. The summed E-state index contributed by atoms with van der Waals surface area (Å²) in [6.45, 7) is 4.86. The molecule has 0 fully saturated rings. The van der Waals surface area contributed by atoms with Gasteiger partial charge in [0, 0.05) is 11.8 Å². The summed E-state index contributed by atoms with van der Waals surface area (Å²) in [5, 5.41) is 3.05. The molecule has 0 radical (unpaired) electrons. The Kier molecular flexibility index (Phi) is 6.26. The Balaban J connectivity index is 1.82. The molecule has 0 aliphatic carbocycles. The largest absolute Gasteiger partial charge is 0.493 e. The Morgan fingerprint density at radius 1 is 0.852 bits per heavy atom. The van der Waals surface area contributed by atoms with Crippen LogP contribution in [0.2, 0.25) is 0 Å². The molecule has 0 aliphatic rings. The molecule has 27 heavy (non-hydrogen) atoms. The predicted octanol–water partition coefficient (Wildman–Crippen LogP) is 5.49. The molecule has 138 valence electrons. The zero-order valence-electron chi connectivity index (χ0n) is 15.8. The van der Waals surface area contributed by atoms with Crippen molar-refractivity contribution >= 4 is 11.6 Å². The number of carbonyl (C=O) groups is 1. The van der Waals surface area contributed by atoms with Gasteiger partial charge in [-0.25, -0.2) is 0 Å². The summed E-state index contributed by atoms with van der Waals surface area (Å²) < 4.78 is 5.77. The third-order valence-corrected chi connectivity index (χ3v) is 4.21. The van der Waals surface area contributed by atoms with Gasteiger partial charge in [-0.2, -0.15) is 0 Å². The van der Waals surface area contributed by atoms with Gasteiger partial charge in [0.15, 0.2) is 0 Å². The molecule has 3 nitrogen and oxygen atoms in total. The molecule has 1 amide bonds. The van der Waals surface area contributed by atoms with Crippen LogP contribution in [-0.2, 0) is 4.79 Å². The van der Waals surface area contributed by atoms with Gasteiger partial charge in [0.25, 0.3) is 0 Å². The number of rotatable bonds is 7. The lowest BCUT2D eigenvalue weighted by molar-refractivity contribution is -0.116. The summed E-state index contributed by atoms with van der Waals surface area (Å²) >= 11 is 0. The number of ether oxygens (including phenoxy) is 1. The molecular weight excluding hydrogens is 334 g/mol. The number of carbonyl (C=O) groups excluding carboxylic acids is 1. The maximum absolute atomic E-state index is 13.1. The predicted molar refractivity (Wildman–Crippen MR) is 110 cm³/mol. The Labute approximate surface area is 161 Å². The Bertz CT molecular complexity index is 820. The van der Waals surface area contributed by atoms with E-state index < -0.39 is 0 Å². The molecule has 3 heteroatoms. The summed E-state index contributed by atoms with van der Waals surface area (Å²) in [7, 11) is 0. The highest BCUT2D eigenvalue weighted by Gasteiger charge is 2.22. The maximum atomic E-state index is 13.1. The third-order valence-electron chi connectivity index (χ3n) is 4.21. The van der Waals surface area contributed by atoms with Gasteiger partial charge < -0.3 is 10.1 Å². The van der Waals surface area contributed by atoms with E-state index in [0.29, 0.717) is 12.5 Å². The van der Waals surface area contributed by atoms with Crippen LogP contribution in [-0.4, -0.2) is 12.5 Å². The molecular formula is C24H25NO2. The number of hydrogen-bond donors (Lipinski definition) is 1. The van der Waals surface area contributed by atoms with Gasteiger partial charge in [0.05, 0.1) is 12.5 Å². The molecule has 3 aromatic rings. The fraction of sp³-hybridized carbons (Fsp3) is 0.208. The second kappa shape index (κ2) is 9.04. The van der Waals surface area contributed by atoms with E-state index in [4.69, 9.17) is 4.74 Å². The molecule has 0 saturated heterocycles. The van der Waals surface area contributed by atoms with E-state index in [1.807, 2.05) is 84.9 Å². The maximum Gasteiger partial charge on any atom is 0.236 e. The average molecular weight is 359 g/mol. The minimum atomic E-state index is -0.368. The number of hydrogen-bond acceptors (Lipinski definition) is 2. The standard InChI is InChI=1S/C24H25NO2/c1-18(2)17-27-22-15-9-14-21(16-22)25-24(26)23(19-10-5-3-6-11-19)20-12-7-4-8-13-20/h3-16,18,23H,17H2,1-2H3,(H,25,26). The van der Waals surface area contributed by atoms with E-state index in [1.54, 1.807) is 0 Å². The Morgan fingerprint density at radius 2 is 1.44 bits per heavy atom. The molecule has 0 aromatic heterocycles. The third kappa shape index (κ3) is 5.20. The van der Waals surface area contributed by atoms with Crippen molar-refractivity contribution in [3.05, 3.63) is 96.1 Å². The smallest absolute Gasteiger partial charge is 0.236 e. The van der Waals surface area contributed by atoms with Crippen LogP contribution >= 0.6 is 0 Å². The van der Waals surface area contributed by atoms with Gasteiger partial charge in [-0.3, -0.25) is 4.79 Å². The molecule has 3 rings (SSSR count). The van der Waals surface area contributed by atoms with E-state index in [2.05, 4.69) is 19.2 Å². The fourth-order valence-corrected chi connectivity index (χ4v) is 2.93. The topological polar surface area (TPSA) is 38.3 Å². The molecule has 1 N–H and O–H groups in total. The van der Waals surface area contributed by atoms with E-state index in [-0.39, 0.29) is 11.8 Å². The highest BCUT2D eigenvalue weighted by molar-refractivity contribution is 5.98. The van der Waals surface area contributed by atoms with Gasteiger partial charge >= 0.3 is 0 Å². The van der Waals surface area contributed by atoms with Crippen LogP contribution in [0.3, 0.4) is 0 Å². The van der Waals surface area contributed by atoms with Gasteiger partial charge in [0.2, 0.25) is 5.91 Å². The minimum absolute atomic E-state index is 0.0617. The first kappa shape index (κ1) is 18.7. The van der Waals surface area contributed by atoms with Crippen molar-refractivity contribution in [3.8, 4) is 5.75 Å². The van der Waals surface area contributed by atoms with Crippen molar-refractivity contribution < 1.29 is 9.53 Å². The molecule has 0 spiro atoms. The quantitative estimate of drug-likeness (QED) is 0.605. The molecule has 0 heterocycles. The second-order valence-electron chi connectivity index (χ2n) is 6.98. The lowest BCUT2D eigenvalue weighted by Crippen LogP contribution is -2.22. The SMILES string of the molecule is CC(C)COc1cccc(NC(=O)C(c2ccccc2)c2ccccc2)c1. The fourth-order valence-electron chi connectivity index (χ4n) is 2.93. The lowest BCUT2D eigenvalue weighted by atomic mass is 9.90. The normalized spacial score (nSPS) is 10.8. The Hall–Kier alpha value is -3.07. The van der Waals surface area contributed by atoms with Crippen LogP contribution in [0.4, 0.5) is 5.69 Å². The molecule has 0 unspecified atom stereocenters. The monoisotopic (exact) mass is 359 g/mol. The zero-order valence-corrected chi connectivity index (χ0v) is 15.8. The van der Waals surface area contributed by atoms with Crippen molar-refractivity contribution in [3.63, 3.8) is 0 Å². The molecule has 0 aliphatic heterocycles.